The lowest BCUT2D eigenvalue weighted by atomic mass is 9.98. The van der Waals surface area contributed by atoms with E-state index in [1.54, 1.807) is 6.07 Å². The predicted molar refractivity (Wildman–Crippen MR) is 180 cm³/mol. The Morgan fingerprint density at radius 2 is 1.73 bits per heavy atom. The number of aromatic nitrogens is 1. The fourth-order valence-electron chi connectivity index (χ4n) is 5.68. The molecule has 232 valence electrons. The number of H-pyrrole nitrogens is 1. The lowest BCUT2D eigenvalue weighted by Gasteiger charge is -2.37. The average Bonchev–Trinajstić information content (AvgIpc) is 3.50. The van der Waals surface area contributed by atoms with Gasteiger partial charge < -0.3 is 29.4 Å². The van der Waals surface area contributed by atoms with Crippen molar-refractivity contribution >= 4 is 34.2 Å². The van der Waals surface area contributed by atoms with Crippen molar-refractivity contribution in [1.29, 1.82) is 0 Å². The molecule has 0 atom stereocenters. The molecule has 1 aromatic heterocycles. The van der Waals surface area contributed by atoms with Crippen LogP contribution >= 0.6 is 11.6 Å². The summed E-state index contributed by atoms with van der Waals surface area (Å²) in [6.45, 7) is 5.45. The van der Waals surface area contributed by atoms with Crippen molar-refractivity contribution in [2.75, 3.05) is 58.3 Å². The molecule has 5 aromatic rings. The average molecular weight is 625 g/mol. The number of rotatable bonds is 11. The van der Waals surface area contributed by atoms with E-state index < -0.39 is 5.97 Å². The minimum atomic E-state index is -1.02. The fraction of sp³-hybridized carbons (Fsp3) is 0.250. The molecule has 8 nitrogen and oxygen atoms in total. The standard InChI is InChI=1S/C36H37ClN4O4/c1-39(2)20-21-44-34-5-3-4-30(25-6-8-27(37)9-7-25)32(34)24-40-16-18-41(19-17-40)28-10-12-31(36(42)43)35(23-28)45-29-11-13-33-26(22-29)14-15-38-33/h3-15,22-23,38H,16-21,24H2,1-2H3,(H,42,43). The van der Waals surface area contributed by atoms with Gasteiger partial charge in [-0.25, -0.2) is 4.79 Å². The molecular formula is C36H37ClN4O4. The Balaban J connectivity index is 1.19. The number of nitrogens with one attached hydrogen (secondary N) is 1. The van der Waals surface area contributed by atoms with Crippen LogP contribution in [0.5, 0.6) is 17.2 Å². The zero-order valence-corrected chi connectivity index (χ0v) is 26.3. The Morgan fingerprint density at radius 3 is 2.49 bits per heavy atom. The molecule has 9 heteroatoms. The van der Waals surface area contributed by atoms with E-state index in [0.717, 1.165) is 78.3 Å². The molecule has 1 fully saturated rings. The van der Waals surface area contributed by atoms with Gasteiger partial charge in [-0.05, 0) is 79.8 Å². The number of carboxylic acids is 1. The van der Waals surface area contributed by atoms with E-state index in [2.05, 4.69) is 43.9 Å². The lowest BCUT2D eigenvalue weighted by Crippen LogP contribution is -2.46. The number of nitrogens with zero attached hydrogens (tertiary/aromatic N) is 3. The molecule has 0 spiro atoms. The smallest absolute Gasteiger partial charge is 0.339 e. The molecule has 2 N–H and O–H groups in total. The minimum Gasteiger partial charge on any atom is -0.492 e. The molecule has 0 bridgehead atoms. The maximum absolute atomic E-state index is 12.0. The van der Waals surface area contributed by atoms with Crippen LogP contribution in [0, 0.1) is 0 Å². The van der Waals surface area contributed by atoms with Gasteiger partial charge in [-0.2, -0.15) is 0 Å². The van der Waals surface area contributed by atoms with Gasteiger partial charge in [-0.1, -0.05) is 35.9 Å². The Bertz CT molecular complexity index is 1780. The van der Waals surface area contributed by atoms with Crippen LogP contribution < -0.4 is 14.4 Å². The summed E-state index contributed by atoms with van der Waals surface area (Å²) < 4.78 is 12.5. The predicted octanol–water partition coefficient (Wildman–Crippen LogP) is 7.24. The van der Waals surface area contributed by atoms with E-state index in [1.165, 1.54) is 0 Å². The highest BCUT2D eigenvalue weighted by Gasteiger charge is 2.23. The Kier molecular flexibility index (Phi) is 9.26. The summed E-state index contributed by atoms with van der Waals surface area (Å²) in [5, 5.41) is 11.6. The van der Waals surface area contributed by atoms with Gasteiger partial charge in [0, 0.05) is 78.7 Å². The van der Waals surface area contributed by atoms with Crippen molar-refractivity contribution in [2.24, 2.45) is 0 Å². The highest BCUT2D eigenvalue weighted by molar-refractivity contribution is 6.30. The van der Waals surface area contributed by atoms with E-state index >= 15 is 0 Å². The number of benzene rings is 4. The van der Waals surface area contributed by atoms with Gasteiger partial charge in [0.1, 0.15) is 29.4 Å². The molecule has 1 saturated heterocycles. The molecule has 45 heavy (non-hydrogen) atoms. The van der Waals surface area contributed by atoms with Crippen LogP contribution in [-0.4, -0.2) is 79.3 Å². The van der Waals surface area contributed by atoms with E-state index in [9.17, 15) is 9.90 Å². The molecule has 0 unspecified atom stereocenters. The second-order valence-electron chi connectivity index (χ2n) is 11.5. The normalized spacial score (nSPS) is 13.8. The summed E-state index contributed by atoms with van der Waals surface area (Å²) >= 11 is 6.20. The largest absolute Gasteiger partial charge is 0.492 e. The van der Waals surface area contributed by atoms with Crippen molar-refractivity contribution in [3.8, 4) is 28.4 Å². The fourth-order valence-corrected chi connectivity index (χ4v) is 5.81. The number of anilines is 1. The summed E-state index contributed by atoms with van der Waals surface area (Å²) in [7, 11) is 4.08. The van der Waals surface area contributed by atoms with Crippen LogP contribution in [0.25, 0.3) is 22.0 Å². The van der Waals surface area contributed by atoms with Crippen LogP contribution in [0.1, 0.15) is 15.9 Å². The first-order valence-electron chi connectivity index (χ1n) is 15.1. The zero-order valence-electron chi connectivity index (χ0n) is 25.5. The van der Waals surface area contributed by atoms with E-state index in [-0.39, 0.29) is 5.56 Å². The second-order valence-corrected chi connectivity index (χ2v) is 12.0. The number of aromatic carboxylic acids is 1. The number of fused-ring (bicyclic) bond motifs is 1. The van der Waals surface area contributed by atoms with Gasteiger partial charge in [-0.15, -0.1) is 0 Å². The molecule has 0 aliphatic carbocycles. The summed E-state index contributed by atoms with van der Waals surface area (Å²) in [6.07, 6.45) is 1.87. The third kappa shape index (κ3) is 7.26. The molecular weight excluding hydrogens is 588 g/mol. The molecule has 1 aliphatic rings. The van der Waals surface area contributed by atoms with Gasteiger partial charge in [0.15, 0.2) is 0 Å². The number of ether oxygens (including phenoxy) is 2. The first-order valence-corrected chi connectivity index (χ1v) is 15.5. The van der Waals surface area contributed by atoms with Crippen LogP contribution in [0.3, 0.4) is 0 Å². The second kappa shape index (κ2) is 13.6. The number of hydrogen-bond acceptors (Lipinski definition) is 6. The molecule has 1 aliphatic heterocycles. The van der Waals surface area contributed by atoms with E-state index in [1.807, 2.05) is 74.9 Å². The third-order valence-electron chi connectivity index (χ3n) is 8.15. The summed E-state index contributed by atoms with van der Waals surface area (Å²) in [6, 6.07) is 27.2. The van der Waals surface area contributed by atoms with Crippen LogP contribution in [0.2, 0.25) is 5.02 Å². The highest BCUT2D eigenvalue weighted by Crippen LogP contribution is 2.35. The van der Waals surface area contributed by atoms with Crippen molar-refractivity contribution < 1.29 is 19.4 Å². The topological polar surface area (TPSA) is 81.3 Å². The molecule has 0 radical (unpaired) electrons. The van der Waals surface area contributed by atoms with Gasteiger partial charge in [0.05, 0.1) is 0 Å². The van der Waals surface area contributed by atoms with Crippen molar-refractivity contribution in [3.63, 3.8) is 0 Å². The molecule has 0 saturated carbocycles. The third-order valence-corrected chi connectivity index (χ3v) is 8.40. The van der Waals surface area contributed by atoms with Crippen molar-refractivity contribution in [2.45, 2.75) is 6.54 Å². The molecule has 0 amide bonds. The van der Waals surface area contributed by atoms with Crippen LogP contribution in [-0.2, 0) is 6.54 Å². The number of carboxylic acid groups (broad SMARTS) is 1. The molecule has 2 heterocycles. The first kappa shape index (κ1) is 30.5. The van der Waals surface area contributed by atoms with Gasteiger partial charge in [0.2, 0.25) is 0 Å². The van der Waals surface area contributed by atoms with Crippen molar-refractivity contribution in [3.05, 3.63) is 107 Å². The van der Waals surface area contributed by atoms with Crippen molar-refractivity contribution in [1.82, 2.24) is 14.8 Å². The lowest BCUT2D eigenvalue weighted by molar-refractivity contribution is 0.0694. The van der Waals surface area contributed by atoms with E-state index in [0.29, 0.717) is 23.1 Å². The number of hydrogen-bond donors (Lipinski definition) is 2. The SMILES string of the molecule is CN(C)CCOc1cccc(-c2ccc(Cl)cc2)c1CN1CCN(c2ccc(C(=O)O)c(Oc3ccc4[nH]ccc4c3)c2)CC1. The maximum atomic E-state index is 12.0. The number of aromatic amines is 1. The Labute approximate surface area is 268 Å². The summed E-state index contributed by atoms with van der Waals surface area (Å²) in [5.41, 5.74) is 5.47. The minimum absolute atomic E-state index is 0.132. The highest BCUT2D eigenvalue weighted by atomic mass is 35.5. The van der Waals surface area contributed by atoms with Gasteiger partial charge >= 0.3 is 5.97 Å². The maximum Gasteiger partial charge on any atom is 0.339 e. The summed E-state index contributed by atoms with van der Waals surface area (Å²) in [4.78, 5) is 22.0. The molecule has 4 aromatic carbocycles. The van der Waals surface area contributed by atoms with E-state index in [4.69, 9.17) is 21.1 Å². The monoisotopic (exact) mass is 624 g/mol. The van der Waals surface area contributed by atoms with Crippen LogP contribution in [0.15, 0.2) is 91.1 Å². The Morgan fingerprint density at radius 1 is 0.933 bits per heavy atom. The van der Waals surface area contributed by atoms with Gasteiger partial charge in [0.25, 0.3) is 0 Å². The summed E-state index contributed by atoms with van der Waals surface area (Å²) in [5.74, 6) is 0.797. The quantitative estimate of drug-likeness (QED) is 0.160. The first-order chi connectivity index (χ1) is 21.8. The van der Waals surface area contributed by atoms with Crippen LogP contribution in [0.4, 0.5) is 5.69 Å². The Hall–Kier alpha value is -4.50. The molecule has 6 rings (SSSR count). The number of piperazine rings is 1. The number of likely N-dealkylation sites (N-methyl/N-ethyl adjacent to an activating group) is 1. The van der Waals surface area contributed by atoms with Gasteiger partial charge in [-0.3, -0.25) is 4.90 Å². The number of carbonyl (C=O) groups is 1. The number of halogens is 1. The zero-order chi connectivity index (χ0) is 31.3.